The van der Waals surface area contributed by atoms with Crippen LogP contribution in [0.3, 0.4) is 0 Å². The van der Waals surface area contributed by atoms with Gasteiger partial charge < -0.3 is 14.2 Å². The van der Waals surface area contributed by atoms with Gasteiger partial charge in [-0.3, -0.25) is 4.84 Å². The van der Waals surface area contributed by atoms with Gasteiger partial charge in [0.1, 0.15) is 11.0 Å². The number of fused-ring (bicyclic) bond motifs is 1. The van der Waals surface area contributed by atoms with Crippen LogP contribution in [0.5, 0.6) is 17.2 Å². The van der Waals surface area contributed by atoms with E-state index < -0.39 is 21.3 Å². The number of hydrogen-bond donors (Lipinski definition) is 1. The Bertz CT molecular complexity index is 965. The van der Waals surface area contributed by atoms with Gasteiger partial charge >= 0.3 is 0 Å². The zero-order valence-corrected chi connectivity index (χ0v) is 16.4. The number of nitrogens with one attached hydrogen (secondary N) is 1. The summed E-state index contributed by atoms with van der Waals surface area (Å²) in [5, 5.41) is 0.831. The van der Waals surface area contributed by atoms with Crippen molar-refractivity contribution in [2.75, 3.05) is 27.6 Å². The monoisotopic (exact) mass is 406 g/mol. The van der Waals surface area contributed by atoms with E-state index in [0.717, 1.165) is 11.1 Å². The maximum Gasteiger partial charge on any atom is 0.231 e. The predicted octanol–water partition coefficient (Wildman–Crippen LogP) is 1.83. The summed E-state index contributed by atoms with van der Waals surface area (Å²) >= 11 is 0. The van der Waals surface area contributed by atoms with E-state index in [1.807, 2.05) is 30.3 Å². The molecular weight excluding hydrogens is 384 g/mol. The summed E-state index contributed by atoms with van der Waals surface area (Å²) in [6.45, 7) is 0.414. The molecule has 0 amide bonds. The Morgan fingerprint density at radius 3 is 2.82 bits per heavy atom. The third kappa shape index (κ3) is 3.66. The van der Waals surface area contributed by atoms with E-state index in [1.54, 1.807) is 31.4 Å². The summed E-state index contributed by atoms with van der Waals surface area (Å²) in [6.07, 6.45) is 0. The molecule has 0 radical (unpaired) electrons. The number of rotatable bonds is 6. The molecule has 2 atom stereocenters. The fourth-order valence-corrected chi connectivity index (χ4v) is 4.94. The first-order chi connectivity index (χ1) is 13.5. The lowest BCUT2D eigenvalue weighted by molar-refractivity contribution is -0.110. The molecule has 1 N–H and O–H groups in total. The lowest BCUT2D eigenvalue weighted by atomic mass is 10.0. The van der Waals surface area contributed by atoms with Crippen LogP contribution in [0.4, 0.5) is 0 Å². The second kappa shape index (κ2) is 7.59. The average Bonchev–Trinajstić information content (AvgIpc) is 3.32. The minimum absolute atomic E-state index is 0.0782. The number of nitrogens with zero attached hydrogens (tertiary/aromatic N) is 1. The number of sulfonamides is 1. The molecule has 4 rings (SSSR count). The minimum atomic E-state index is -3.65. The summed E-state index contributed by atoms with van der Waals surface area (Å²) in [4.78, 5) is 5.54. The van der Waals surface area contributed by atoms with E-state index in [9.17, 15) is 8.42 Å². The van der Waals surface area contributed by atoms with Crippen LogP contribution < -0.4 is 18.9 Å². The Hall–Kier alpha value is -2.33. The molecule has 2 aromatic rings. The van der Waals surface area contributed by atoms with Gasteiger partial charge in [-0.2, -0.15) is 5.06 Å². The maximum atomic E-state index is 13.0. The van der Waals surface area contributed by atoms with Crippen LogP contribution in [-0.4, -0.2) is 46.3 Å². The molecule has 0 unspecified atom stereocenters. The first kappa shape index (κ1) is 19.0. The van der Waals surface area contributed by atoms with Gasteiger partial charge in [-0.1, -0.05) is 18.2 Å². The Morgan fingerprint density at radius 2 is 2.00 bits per heavy atom. The molecule has 2 aromatic carbocycles. The lowest BCUT2D eigenvalue weighted by Crippen LogP contribution is -2.39. The van der Waals surface area contributed by atoms with Crippen molar-refractivity contribution in [3.8, 4) is 17.2 Å². The third-order valence-corrected chi connectivity index (χ3v) is 6.67. The van der Waals surface area contributed by atoms with Crippen molar-refractivity contribution in [1.82, 2.24) is 9.79 Å². The van der Waals surface area contributed by atoms with E-state index in [4.69, 9.17) is 19.0 Å². The van der Waals surface area contributed by atoms with Crippen molar-refractivity contribution < 1.29 is 27.5 Å². The van der Waals surface area contributed by atoms with Crippen LogP contribution >= 0.6 is 0 Å². The van der Waals surface area contributed by atoms with Gasteiger partial charge in [0.05, 0.1) is 19.8 Å². The van der Waals surface area contributed by atoms with Crippen LogP contribution in [0.15, 0.2) is 42.5 Å². The van der Waals surface area contributed by atoms with Crippen LogP contribution in [0.2, 0.25) is 0 Å². The molecule has 150 valence electrons. The zero-order valence-electron chi connectivity index (χ0n) is 15.6. The largest absolute Gasteiger partial charge is 0.497 e. The van der Waals surface area contributed by atoms with E-state index >= 15 is 0 Å². The van der Waals surface area contributed by atoms with Crippen molar-refractivity contribution in [3.63, 3.8) is 0 Å². The summed E-state index contributed by atoms with van der Waals surface area (Å²) in [7, 11) is -0.339. The molecule has 2 aliphatic heterocycles. The quantitative estimate of drug-likeness (QED) is 0.783. The molecule has 2 heterocycles. The van der Waals surface area contributed by atoms with E-state index in [-0.39, 0.29) is 19.9 Å². The van der Waals surface area contributed by atoms with Crippen LogP contribution in [-0.2, 0) is 21.4 Å². The van der Waals surface area contributed by atoms with Crippen LogP contribution in [0.1, 0.15) is 17.2 Å². The molecule has 2 aliphatic rings. The first-order valence-electron chi connectivity index (χ1n) is 8.84. The number of methoxy groups -OCH3 is 1. The zero-order chi connectivity index (χ0) is 19.7. The predicted molar refractivity (Wildman–Crippen MR) is 102 cm³/mol. The Kier molecular flexibility index (Phi) is 5.15. The molecule has 0 saturated carbocycles. The van der Waals surface area contributed by atoms with E-state index in [2.05, 4.69) is 4.72 Å². The number of hydrogen-bond acceptors (Lipinski definition) is 7. The normalized spacial score (nSPS) is 21.8. The minimum Gasteiger partial charge on any atom is -0.497 e. The van der Waals surface area contributed by atoms with Gasteiger partial charge in [0.25, 0.3) is 0 Å². The highest BCUT2D eigenvalue weighted by molar-refractivity contribution is 7.90. The standard InChI is InChI=1S/C19H22N2O6S/c1-21-19(14-4-3-5-15(9-14)24-2)18(11-27-21)28(22,23)20-10-13-6-7-16-17(8-13)26-12-25-16/h3-9,18-20H,10-12H2,1-2H3/t18-,19-/m0/s1. The van der Waals surface area contributed by atoms with Crippen LogP contribution in [0.25, 0.3) is 0 Å². The molecular formula is C19H22N2O6S. The molecule has 0 spiro atoms. The smallest absolute Gasteiger partial charge is 0.231 e. The molecule has 0 aliphatic carbocycles. The number of ether oxygens (including phenoxy) is 3. The molecule has 0 aromatic heterocycles. The highest BCUT2D eigenvalue weighted by atomic mass is 32.2. The Morgan fingerprint density at radius 1 is 1.18 bits per heavy atom. The van der Waals surface area contributed by atoms with Crippen molar-refractivity contribution in [1.29, 1.82) is 0 Å². The fourth-order valence-electron chi connectivity index (χ4n) is 3.45. The Labute approximate surface area is 164 Å². The summed E-state index contributed by atoms with van der Waals surface area (Å²) in [6, 6.07) is 12.3. The first-order valence-corrected chi connectivity index (χ1v) is 10.4. The SMILES string of the molecule is COc1cccc([C@H]2[C@@H](S(=O)(=O)NCc3ccc4c(c3)OCO4)CON2C)c1. The number of hydroxylamine groups is 2. The van der Waals surface area contributed by atoms with Gasteiger partial charge in [0.15, 0.2) is 11.5 Å². The third-order valence-electron chi connectivity index (χ3n) is 4.93. The average molecular weight is 406 g/mol. The van der Waals surface area contributed by atoms with Crippen LogP contribution in [0, 0.1) is 0 Å². The topological polar surface area (TPSA) is 86.3 Å². The molecule has 8 nitrogen and oxygen atoms in total. The van der Waals surface area contributed by atoms with Gasteiger partial charge in [0, 0.05) is 13.6 Å². The number of benzene rings is 2. The van der Waals surface area contributed by atoms with Crippen molar-refractivity contribution >= 4 is 10.0 Å². The molecule has 9 heteroatoms. The van der Waals surface area contributed by atoms with Crippen molar-refractivity contribution in [2.24, 2.45) is 0 Å². The van der Waals surface area contributed by atoms with Crippen molar-refractivity contribution in [2.45, 2.75) is 17.8 Å². The molecule has 1 saturated heterocycles. The summed E-state index contributed by atoms with van der Waals surface area (Å²) < 4.78 is 44.6. The van der Waals surface area contributed by atoms with Gasteiger partial charge in [0.2, 0.25) is 16.8 Å². The lowest BCUT2D eigenvalue weighted by Gasteiger charge is -2.23. The second-order valence-corrected chi connectivity index (χ2v) is 8.64. The molecule has 28 heavy (non-hydrogen) atoms. The summed E-state index contributed by atoms with van der Waals surface area (Å²) in [5.41, 5.74) is 1.61. The Balaban J connectivity index is 1.52. The van der Waals surface area contributed by atoms with E-state index in [0.29, 0.717) is 17.2 Å². The summed E-state index contributed by atoms with van der Waals surface area (Å²) in [5.74, 6) is 1.95. The maximum absolute atomic E-state index is 13.0. The highest BCUT2D eigenvalue weighted by Crippen LogP contribution is 2.35. The van der Waals surface area contributed by atoms with Crippen molar-refractivity contribution in [3.05, 3.63) is 53.6 Å². The van der Waals surface area contributed by atoms with Gasteiger partial charge in [-0.25, -0.2) is 13.1 Å². The second-order valence-electron chi connectivity index (χ2n) is 6.66. The fraction of sp³-hybridized carbons (Fsp3) is 0.368. The van der Waals surface area contributed by atoms with Gasteiger partial charge in [-0.05, 0) is 35.4 Å². The van der Waals surface area contributed by atoms with E-state index in [1.165, 1.54) is 0 Å². The van der Waals surface area contributed by atoms with Gasteiger partial charge in [-0.15, -0.1) is 0 Å². The highest BCUT2D eigenvalue weighted by Gasteiger charge is 2.43. The molecule has 1 fully saturated rings. The molecule has 0 bridgehead atoms.